The molecule has 0 atom stereocenters. The van der Waals surface area contributed by atoms with E-state index >= 15 is 0 Å². The van der Waals surface area contributed by atoms with Gasteiger partial charge in [-0.25, -0.2) is 4.79 Å². The SMILES string of the molecule is C/N=C1\C=CC2=C(c3ccc(C(=O)NC4CCC(NC(=O)c5ccc(-c6c7ccc(=N)cc-7oc7cc(N)ccc67)c(C(=O)OC)c5)CC4)cc3C)c3ccc(N)cc3[Si](C)(C)C2=C1. The van der Waals surface area contributed by atoms with Crippen LogP contribution in [0.4, 0.5) is 11.4 Å². The molecule has 11 nitrogen and oxygen atoms in total. The molecule has 9 rings (SSSR count). The van der Waals surface area contributed by atoms with Crippen molar-refractivity contribution >= 4 is 64.7 Å². The molecular weight excluding hydrogens is 817 g/mol. The summed E-state index contributed by atoms with van der Waals surface area (Å²) in [5, 5.41) is 18.2. The second-order valence-corrected chi connectivity index (χ2v) is 21.8. The number of rotatable bonds is 7. The molecule has 4 aromatic rings. The van der Waals surface area contributed by atoms with Gasteiger partial charge in [0, 0.05) is 70.3 Å². The van der Waals surface area contributed by atoms with Crippen LogP contribution in [0, 0.1) is 12.3 Å². The third-order valence-electron chi connectivity index (χ3n) is 13.0. The topological polar surface area (TPSA) is 186 Å². The first kappa shape index (κ1) is 42.0. The number of aryl methyl sites for hydroxylation is 1. The van der Waals surface area contributed by atoms with Crippen molar-refractivity contribution in [3.05, 3.63) is 159 Å². The summed E-state index contributed by atoms with van der Waals surface area (Å²) in [6, 6.07) is 27.4. The monoisotopic (exact) mass is 866 g/mol. The van der Waals surface area contributed by atoms with Crippen LogP contribution in [0.25, 0.3) is 39.0 Å². The van der Waals surface area contributed by atoms with Crippen LogP contribution < -0.4 is 32.6 Å². The molecule has 1 fully saturated rings. The van der Waals surface area contributed by atoms with Gasteiger partial charge in [-0.1, -0.05) is 37.4 Å². The number of aliphatic imine (C=N–C) groups is 1. The first-order chi connectivity index (χ1) is 30.7. The van der Waals surface area contributed by atoms with Gasteiger partial charge in [0.05, 0.1) is 23.7 Å². The van der Waals surface area contributed by atoms with Crippen LogP contribution in [0.3, 0.4) is 0 Å². The summed E-state index contributed by atoms with van der Waals surface area (Å²) in [5.74, 6) is -0.564. The molecule has 0 saturated heterocycles. The fourth-order valence-corrected chi connectivity index (χ4v) is 12.8. The average Bonchev–Trinajstić information content (AvgIpc) is 3.28. The summed E-state index contributed by atoms with van der Waals surface area (Å²) in [6.45, 7) is 6.79. The average molecular weight is 867 g/mol. The number of nitrogen functional groups attached to an aromatic ring is 2. The first-order valence-corrected chi connectivity index (χ1v) is 24.5. The van der Waals surface area contributed by atoms with Crippen LogP contribution in [-0.2, 0) is 4.74 Å². The molecule has 4 aromatic carbocycles. The Kier molecular flexibility index (Phi) is 10.8. The van der Waals surface area contributed by atoms with E-state index in [1.54, 1.807) is 48.5 Å². The van der Waals surface area contributed by atoms with Gasteiger partial charge in [-0.2, -0.15) is 0 Å². The van der Waals surface area contributed by atoms with E-state index in [0.29, 0.717) is 75.9 Å². The summed E-state index contributed by atoms with van der Waals surface area (Å²) in [5.41, 5.74) is 23.9. The largest absolute Gasteiger partial charge is 0.465 e. The zero-order valence-corrected chi connectivity index (χ0v) is 37.5. The Bertz CT molecular complexity index is 3110. The number of carbonyl (C=O) groups is 3. The Morgan fingerprint density at radius 1 is 0.766 bits per heavy atom. The smallest absolute Gasteiger partial charge is 0.338 e. The number of esters is 1. The summed E-state index contributed by atoms with van der Waals surface area (Å²) >= 11 is 0. The molecule has 0 aromatic heterocycles. The molecule has 64 heavy (non-hydrogen) atoms. The van der Waals surface area contributed by atoms with Crippen LogP contribution in [0.2, 0.25) is 13.1 Å². The number of nitrogens with zero attached hydrogens (tertiary/aromatic N) is 1. The van der Waals surface area contributed by atoms with E-state index in [2.05, 4.69) is 72.1 Å². The van der Waals surface area contributed by atoms with E-state index in [1.165, 1.54) is 28.6 Å². The number of nitrogens with one attached hydrogen (secondary N) is 3. The van der Waals surface area contributed by atoms with Crippen LogP contribution in [0.5, 0.6) is 0 Å². The van der Waals surface area contributed by atoms with E-state index in [0.717, 1.165) is 28.1 Å². The highest BCUT2D eigenvalue weighted by atomic mass is 28.3. The molecule has 0 bridgehead atoms. The predicted octanol–water partition coefficient (Wildman–Crippen LogP) is 8.25. The van der Waals surface area contributed by atoms with Gasteiger partial charge in [0.25, 0.3) is 11.8 Å². The molecule has 5 aliphatic rings. The zero-order chi connectivity index (χ0) is 45.0. The Hall–Kier alpha value is -7.31. The number of ether oxygens (including phenoxy) is 1. The molecule has 0 unspecified atom stereocenters. The van der Waals surface area contributed by atoms with Gasteiger partial charge in [0.15, 0.2) is 0 Å². The number of fused-ring (bicyclic) bond motifs is 4. The van der Waals surface area contributed by atoms with Gasteiger partial charge < -0.3 is 36.7 Å². The minimum atomic E-state index is -2.10. The third kappa shape index (κ3) is 7.53. The summed E-state index contributed by atoms with van der Waals surface area (Å²) < 4.78 is 11.4. The minimum absolute atomic E-state index is 0.0446. The number of anilines is 2. The number of benzene rings is 5. The standard InChI is InChI=1S/C52H50N6O5Si/c1-28-22-29(6-16-37(28)48-41-20-10-33(55)26-46(41)64(4,5)47-27-36(56-2)15-21-42(47)48)50(59)57-34-11-13-35(14-12-34)58-51(60)30-7-17-38(43(23-30)52(61)62-3)49-39-18-8-31(53)24-44(39)63-45-25-32(54)9-19-40(45)49/h6-10,15-27,34-35,53H,11-14,54-55H2,1-5H3,(H,57,59)(H,58,60)/b53-31?,56-36+. The maximum absolute atomic E-state index is 13.8. The number of amides is 2. The van der Waals surface area contributed by atoms with E-state index in [1.807, 2.05) is 31.3 Å². The Labute approximate surface area is 372 Å². The highest BCUT2D eigenvalue weighted by molar-refractivity contribution is 6.98. The lowest BCUT2D eigenvalue weighted by atomic mass is 9.87. The fourth-order valence-electron chi connectivity index (χ4n) is 9.67. The fraction of sp³-hybridized carbons (Fsp3) is 0.212. The van der Waals surface area contributed by atoms with Gasteiger partial charge in [0.2, 0.25) is 0 Å². The lowest BCUT2D eigenvalue weighted by Crippen LogP contribution is -2.49. The van der Waals surface area contributed by atoms with Crippen molar-refractivity contribution in [3.8, 4) is 22.5 Å². The molecular formula is C52H50N6O5Si. The second-order valence-electron chi connectivity index (χ2n) is 17.5. The van der Waals surface area contributed by atoms with E-state index in [4.69, 9.17) is 26.0 Å². The van der Waals surface area contributed by atoms with Crippen LogP contribution in [0.15, 0.2) is 129 Å². The van der Waals surface area contributed by atoms with E-state index in [-0.39, 0.29) is 34.8 Å². The maximum Gasteiger partial charge on any atom is 0.338 e. The normalized spacial score (nSPS) is 18.3. The van der Waals surface area contributed by atoms with Gasteiger partial charge in [-0.3, -0.25) is 14.6 Å². The second kappa shape index (κ2) is 16.4. The molecule has 12 heteroatoms. The van der Waals surface area contributed by atoms with Crippen molar-refractivity contribution in [1.82, 2.24) is 10.6 Å². The minimum Gasteiger partial charge on any atom is -0.465 e. The zero-order valence-electron chi connectivity index (χ0n) is 36.5. The molecule has 2 heterocycles. The maximum atomic E-state index is 13.8. The number of methoxy groups -OCH3 is 1. The number of hydrogen-bond acceptors (Lipinski definition) is 9. The summed E-state index contributed by atoms with van der Waals surface area (Å²) in [7, 11) is 1.02. The number of allylic oxidation sites excluding steroid dienone is 5. The quantitative estimate of drug-likeness (QED) is 0.0463. The number of hydrogen-bond donors (Lipinski definition) is 5. The van der Waals surface area contributed by atoms with Crippen molar-refractivity contribution in [2.24, 2.45) is 4.99 Å². The van der Waals surface area contributed by atoms with Gasteiger partial charge in [-0.15, -0.1) is 0 Å². The molecule has 7 N–H and O–H groups in total. The Morgan fingerprint density at radius 2 is 1.39 bits per heavy atom. The van der Waals surface area contributed by atoms with Gasteiger partial charge in [0.1, 0.15) is 19.4 Å². The highest BCUT2D eigenvalue weighted by Gasteiger charge is 2.40. The van der Waals surface area contributed by atoms with Gasteiger partial charge >= 0.3 is 5.97 Å². The molecule has 3 aliphatic carbocycles. The lowest BCUT2D eigenvalue weighted by Gasteiger charge is -2.38. The third-order valence-corrected chi connectivity index (χ3v) is 16.6. The van der Waals surface area contributed by atoms with Crippen LogP contribution >= 0.6 is 0 Å². The predicted molar refractivity (Wildman–Crippen MR) is 257 cm³/mol. The molecule has 2 amide bonds. The number of nitrogens with two attached hydrogens (primary N) is 2. The van der Waals surface area contributed by atoms with Crippen molar-refractivity contribution in [1.29, 1.82) is 5.41 Å². The lowest BCUT2D eigenvalue weighted by molar-refractivity contribution is 0.0601. The molecule has 322 valence electrons. The van der Waals surface area contributed by atoms with Crippen LogP contribution in [0.1, 0.15) is 73.4 Å². The van der Waals surface area contributed by atoms with E-state index < -0.39 is 14.0 Å². The van der Waals surface area contributed by atoms with Crippen LogP contribution in [-0.4, -0.2) is 57.8 Å². The van der Waals surface area contributed by atoms with Crippen molar-refractivity contribution in [2.45, 2.75) is 57.8 Å². The summed E-state index contributed by atoms with van der Waals surface area (Å²) in [6.07, 6.45) is 9.24. The molecule has 0 radical (unpaired) electrons. The molecule has 2 aliphatic heterocycles. The van der Waals surface area contributed by atoms with Crippen molar-refractivity contribution < 1.29 is 23.5 Å². The summed E-state index contributed by atoms with van der Waals surface area (Å²) in [4.78, 5) is 45.3. The Morgan fingerprint density at radius 3 is 2.06 bits per heavy atom. The van der Waals surface area contributed by atoms with Crippen molar-refractivity contribution in [3.63, 3.8) is 0 Å². The first-order valence-electron chi connectivity index (χ1n) is 21.5. The molecule has 1 saturated carbocycles. The molecule has 0 spiro atoms. The van der Waals surface area contributed by atoms with Crippen molar-refractivity contribution in [2.75, 3.05) is 25.6 Å². The van der Waals surface area contributed by atoms with Gasteiger partial charge in [-0.05, 0) is 149 Å². The number of carbonyl (C=O) groups excluding carboxylic acids is 3. The highest BCUT2D eigenvalue weighted by Crippen LogP contribution is 2.44. The van der Waals surface area contributed by atoms with E-state index in [9.17, 15) is 14.4 Å². The Balaban J connectivity index is 0.897.